The topological polar surface area (TPSA) is 113 Å². The minimum Gasteiger partial charge on any atom is -0.382 e. The molecule has 2 aromatic carbocycles. The van der Waals surface area contributed by atoms with Crippen LogP contribution in [0.2, 0.25) is 0 Å². The minimum absolute atomic E-state index is 0.0890. The fraction of sp³-hybridized carbons (Fsp3) is 0. The zero-order valence-corrected chi connectivity index (χ0v) is 16.3. The number of benzene rings is 2. The maximum Gasteiger partial charge on any atom is 0.282 e. The number of carbonyl (C=O) groups excluding carboxylic acids is 1. The van der Waals surface area contributed by atoms with Crippen LogP contribution in [0.5, 0.6) is 0 Å². The zero-order chi connectivity index (χ0) is 20.5. The summed E-state index contributed by atoms with van der Waals surface area (Å²) in [5.74, 6) is 0.789. The van der Waals surface area contributed by atoms with E-state index in [-0.39, 0.29) is 23.2 Å². The van der Waals surface area contributed by atoms with Gasteiger partial charge in [0.25, 0.3) is 5.89 Å². The number of nitrogens with zero attached hydrogens (tertiary/aromatic N) is 5. The molecule has 0 aliphatic heterocycles. The molecule has 0 bridgehead atoms. The van der Waals surface area contributed by atoms with E-state index in [1.54, 1.807) is 36.4 Å². The molecule has 3 aromatic heterocycles. The summed E-state index contributed by atoms with van der Waals surface area (Å²) in [6.45, 7) is 0. The average Bonchev–Trinajstić information content (AvgIpc) is 3.54. The van der Waals surface area contributed by atoms with E-state index >= 15 is 0 Å². The van der Waals surface area contributed by atoms with Crippen LogP contribution in [0.25, 0.3) is 28.0 Å². The van der Waals surface area contributed by atoms with Crippen molar-refractivity contribution < 1.29 is 9.32 Å². The molecule has 5 rings (SSSR count). The van der Waals surface area contributed by atoms with Crippen molar-refractivity contribution in [1.29, 1.82) is 0 Å². The van der Waals surface area contributed by atoms with Crippen molar-refractivity contribution in [2.24, 2.45) is 0 Å². The van der Waals surface area contributed by atoms with Gasteiger partial charge in [-0.2, -0.15) is 9.67 Å². The molecule has 5 aromatic rings. The summed E-state index contributed by atoms with van der Waals surface area (Å²) < 4.78 is 6.76. The molecule has 9 heteroatoms. The number of rotatable bonds is 5. The molecule has 8 nitrogen and oxygen atoms in total. The molecule has 0 saturated heterocycles. The molecule has 30 heavy (non-hydrogen) atoms. The Labute approximate surface area is 174 Å². The highest BCUT2D eigenvalue weighted by Gasteiger charge is 2.20. The lowest BCUT2D eigenvalue weighted by atomic mass is 10.0. The van der Waals surface area contributed by atoms with Crippen molar-refractivity contribution in [3.8, 4) is 28.0 Å². The van der Waals surface area contributed by atoms with Gasteiger partial charge < -0.3 is 10.3 Å². The number of nitrogens with two attached hydrogens (primary N) is 1. The quantitative estimate of drug-likeness (QED) is 0.435. The Morgan fingerprint density at radius 3 is 2.63 bits per heavy atom. The third-order valence-corrected chi connectivity index (χ3v) is 5.33. The van der Waals surface area contributed by atoms with Crippen LogP contribution in [0.3, 0.4) is 0 Å². The molecule has 0 fully saturated rings. The molecule has 0 saturated carbocycles. The second kappa shape index (κ2) is 7.37. The van der Waals surface area contributed by atoms with E-state index in [1.165, 1.54) is 16.0 Å². The van der Waals surface area contributed by atoms with Gasteiger partial charge >= 0.3 is 0 Å². The molecule has 0 spiro atoms. The SMILES string of the molecule is Nc1c(-c2nc(-c3cccs3)no2)nnn1-c1cccc(C(=O)c2ccccc2)c1. The smallest absolute Gasteiger partial charge is 0.282 e. The van der Waals surface area contributed by atoms with Crippen LogP contribution in [0.15, 0.2) is 76.6 Å². The average molecular weight is 414 g/mol. The van der Waals surface area contributed by atoms with Gasteiger partial charge in [-0.3, -0.25) is 4.79 Å². The molecule has 0 unspecified atom stereocenters. The van der Waals surface area contributed by atoms with Crippen LogP contribution in [0.1, 0.15) is 15.9 Å². The fourth-order valence-electron chi connectivity index (χ4n) is 2.99. The number of ketones is 1. The van der Waals surface area contributed by atoms with Crippen LogP contribution in [-0.2, 0) is 0 Å². The van der Waals surface area contributed by atoms with E-state index < -0.39 is 0 Å². The van der Waals surface area contributed by atoms with Crippen LogP contribution >= 0.6 is 11.3 Å². The Bertz CT molecular complexity index is 1320. The van der Waals surface area contributed by atoms with Crippen LogP contribution in [0, 0.1) is 0 Å². The van der Waals surface area contributed by atoms with Crippen molar-refractivity contribution in [3.05, 3.63) is 83.2 Å². The molecule has 0 atom stereocenters. The van der Waals surface area contributed by atoms with Crippen LogP contribution in [-0.4, -0.2) is 30.9 Å². The maximum atomic E-state index is 12.7. The molecule has 0 amide bonds. The van der Waals surface area contributed by atoms with Crippen molar-refractivity contribution in [2.45, 2.75) is 0 Å². The number of aromatic nitrogens is 5. The zero-order valence-electron chi connectivity index (χ0n) is 15.5. The molecular formula is C21H14N6O2S. The van der Waals surface area contributed by atoms with E-state index in [0.717, 1.165) is 4.88 Å². The van der Waals surface area contributed by atoms with E-state index in [0.29, 0.717) is 22.6 Å². The lowest BCUT2D eigenvalue weighted by Crippen LogP contribution is -2.06. The normalized spacial score (nSPS) is 10.9. The number of thiophene rings is 1. The minimum atomic E-state index is -0.0890. The van der Waals surface area contributed by atoms with E-state index in [1.807, 2.05) is 35.7 Å². The van der Waals surface area contributed by atoms with Crippen molar-refractivity contribution >= 4 is 22.9 Å². The first-order valence-electron chi connectivity index (χ1n) is 9.00. The van der Waals surface area contributed by atoms with Crippen LogP contribution in [0.4, 0.5) is 5.82 Å². The largest absolute Gasteiger partial charge is 0.382 e. The number of hydrogen-bond donors (Lipinski definition) is 1. The van der Waals surface area contributed by atoms with Gasteiger partial charge in [0.05, 0.1) is 10.6 Å². The van der Waals surface area contributed by atoms with E-state index in [4.69, 9.17) is 10.3 Å². The highest BCUT2D eigenvalue weighted by atomic mass is 32.1. The lowest BCUT2D eigenvalue weighted by molar-refractivity contribution is 0.103. The summed E-state index contributed by atoms with van der Waals surface area (Å²) in [6, 6.07) is 19.9. The maximum absolute atomic E-state index is 12.7. The first-order valence-corrected chi connectivity index (χ1v) is 9.88. The molecule has 0 radical (unpaired) electrons. The predicted octanol–water partition coefficient (Wildman–Crippen LogP) is 3.86. The summed E-state index contributed by atoms with van der Waals surface area (Å²) in [5, 5.41) is 14.1. The summed E-state index contributed by atoms with van der Waals surface area (Å²) in [7, 11) is 0. The number of carbonyl (C=O) groups is 1. The van der Waals surface area contributed by atoms with Gasteiger partial charge in [-0.15, -0.1) is 16.4 Å². The molecule has 3 heterocycles. The molecule has 0 aliphatic rings. The second-order valence-corrected chi connectivity index (χ2v) is 7.33. The first-order chi connectivity index (χ1) is 14.7. The molecule has 146 valence electrons. The first kappa shape index (κ1) is 18.0. The lowest BCUT2D eigenvalue weighted by Gasteiger charge is -2.06. The number of hydrogen-bond acceptors (Lipinski definition) is 8. The van der Waals surface area contributed by atoms with Crippen molar-refractivity contribution in [1.82, 2.24) is 25.1 Å². The summed E-state index contributed by atoms with van der Waals surface area (Å²) in [4.78, 5) is 18.0. The third kappa shape index (κ3) is 3.16. The highest BCUT2D eigenvalue weighted by Crippen LogP contribution is 2.28. The predicted molar refractivity (Wildman–Crippen MR) is 112 cm³/mol. The van der Waals surface area contributed by atoms with Crippen LogP contribution < -0.4 is 5.73 Å². The number of anilines is 1. The van der Waals surface area contributed by atoms with Crippen molar-refractivity contribution in [3.63, 3.8) is 0 Å². The highest BCUT2D eigenvalue weighted by molar-refractivity contribution is 7.13. The standard InChI is InChI=1S/C21H14N6O2S/c22-19-17(21-23-20(25-29-21)16-10-5-11-30-16)24-26-27(19)15-9-4-8-14(12-15)18(28)13-6-2-1-3-7-13/h1-12H,22H2. The fourth-order valence-corrected chi connectivity index (χ4v) is 3.64. The van der Waals surface area contributed by atoms with E-state index in [2.05, 4.69) is 20.5 Å². The summed E-state index contributed by atoms with van der Waals surface area (Å²) in [5.41, 5.74) is 8.27. The summed E-state index contributed by atoms with van der Waals surface area (Å²) in [6.07, 6.45) is 0. The molecule has 2 N–H and O–H groups in total. The third-order valence-electron chi connectivity index (χ3n) is 4.46. The number of nitrogen functional groups attached to an aromatic ring is 1. The van der Waals surface area contributed by atoms with Crippen molar-refractivity contribution in [2.75, 3.05) is 5.73 Å². The Morgan fingerprint density at radius 2 is 1.83 bits per heavy atom. The van der Waals surface area contributed by atoms with Gasteiger partial charge in [0, 0.05) is 11.1 Å². The van der Waals surface area contributed by atoms with Gasteiger partial charge in [-0.25, -0.2) is 0 Å². The van der Waals surface area contributed by atoms with Gasteiger partial charge in [-0.05, 0) is 23.6 Å². The van der Waals surface area contributed by atoms with Gasteiger partial charge in [0.2, 0.25) is 5.82 Å². The Balaban J connectivity index is 1.48. The van der Waals surface area contributed by atoms with Gasteiger partial charge in [0.15, 0.2) is 17.3 Å². The Morgan fingerprint density at radius 1 is 1.00 bits per heavy atom. The summed E-state index contributed by atoms with van der Waals surface area (Å²) >= 11 is 1.50. The Kier molecular flexibility index (Phi) is 4.41. The Hall–Kier alpha value is -4.11. The van der Waals surface area contributed by atoms with Gasteiger partial charge in [-0.1, -0.05) is 58.9 Å². The van der Waals surface area contributed by atoms with Gasteiger partial charge in [0.1, 0.15) is 0 Å². The molecule has 0 aliphatic carbocycles. The monoisotopic (exact) mass is 414 g/mol. The second-order valence-electron chi connectivity index (χ2n) is 6.38. The molecular weight excluding hydrogens is 400 g/mol. The van der Waals surface area contributed by atoms with E-state index in [9.17, 15) is 4.79 Å².